The number of fused-ring (bicyclic) bond motifs is 1. The summed E-state index contributed by atoms with van der Waals surface area (Å²) in [4.78, 5) is 19.5. The van der Waals surface area contributed by atoms with Crippen molar-refractivity contribution in [2.45, 2.75) is 50.6 Å². The van der Waals surface area contributed by atoms with Crippen LogP contribution in [0, 0.1) is 0 Å². The van der Waals surface area contributed by atoms with E-state index in [0.29, 0.717) is 24.6 Å². The Labute approximate surface area is 230 Å². The van der Waals surface area contributed by atoms with Gasteiger partial charge in [0.05, 0.1) is 0 Å². The monoisotopic (exact) mass is 525 g/mol. The highest BCUT2D eigenvalue weighted by Crippen LogP contribution is 2.32. The molecule has 5 rings (SSSR count). The van der Waals surface area contributed by atoms with Crippen molar-refractivity contribution in [3.8, 4) is 11.1 Å². The molecule has 0 spiro atoms. The topological polar surface area (TPSA) is 99.4 Å². The molecule has 4 N–H and O–H groups in total. The lowest BCUT2D eigenvalue weighted by Crippen LogP contribution is -2.42. The first-order valence-electron chi connectivity index (χ1n) is 13.9. The van der Waals surface area contributed by atoms with Crippen molar-refractivity contribution < 1.29 is 9.53 Å². The molecule has 1 amide bonds. The van der Waals surface area contributed by atoms with Crippen LogP contribution in [-0.2, 0) is 22.5 Å². The highest BCUT2D eigenvalue weighted by atomic mass is 16.5. The van der Waals surface area contributed by atoms with Gasteiger partial charge in [-0.25, -0.2) is 4.98 Å². The standard InChI is InChI=1S/C32H39N5O2/c1-39-17-5-16-37-29-8-3-2-6-25(29)19-30(37)27-7-4-15-36(22-27)32(38)20-28(33)18-23-9-11-24(12-10-23)26-13-14-31(34)35-21-26/h2-3,6,8-14,19,21,27-28H,4-5,7,15-18,20,22,33H2,1H3,(H2,34,35)/t27?,28-/m1/s1. The first-order valence-corrected chi connectivity index (χ1v) is 13.9. The van der Waals surface area contributed by atoms with Crippen molar-refractivity contribution in [1.82, 2.24) is 14.5 Å². The fourth-order valence-corrected chi connectivity index (χ4v) is 5.77. The maximum absolute atomic E-state index is 13.3. The molecule has 7 nitrogen and oxygen atoms in total. The number of aryl methyl sites for hydroxylation is 1. The van der Waals surface area contributed by atoms with Crippen molar-refractivity contribution in [1.29, 1.82) is 0 Å². The number of hydrogen-bond donors (Lipinski definition) is 2. The number of hydrogen-bond acceptors (Lipinski definition) is 5. The van der Waals surface area contributed by atoms with E-state index >= 15 is 0 Å². The van der Waals surface area contributed by atoms with E-state index < -0.39 is 0 Å². The number of para-hydroxylation sites is 1. The minimum atomic E-state index is -0.220. The van der Waals surface area contributed by atoms with Crippen LogP contribution in [0.5, 0.6) is 0 Å². The van der Waals surface area contributed by atoms with Crippen LogP contribution in [-0.4, -0.2) is 53.2 Å². The third kappa shape index (κ3) is 6.49. The van der Waals surface area contributed by atoms with Crippen molar-refractivity contribution in [3.05, 3.63) is 84.2 Å². The number of pyridine rings is 1. The number of amides is 1. The van der Waals surface area contributed by atoms with Gasteiger partial charge in [0.25, 0.3) is 0 Å². The molecule has 1 unspecified atom stereocenters. The summed E-state index contributed by atoms with van der Waals surface area (Å²) >= 11 is 0. The average molecular weight is 526 g/mol. The number of ether oxygens (including phenoxy) is 1. The molecular formula is C32H39N5O2. The highest BCUT2D eigenvalue weighted by Gasteiger charge is 2.28. The van der Waals surface area contributed by atoms with Gasteiger partial charge in [-0.2, -0.15) is 0 Å². The van der Waals surface area contributed by atoms with Crippen molar-refractivity contribution >= 4 is 22.6 Å². The Morgan fingerprint density at radius 2 is 1.90 bits per heavy atom. The van der Waals surface area contributed by atoms with Crippen LogP contribution in [0.1, 0.15) is 42.9 Å². The number of carbonyl (C=O) groups excluding carboxylic acids is 1. The minimum Gasteiger partial charge on any atom is -0.385 e. The molecule has 0 bridgehead atoms. The molecule has 0 radical (unpaired) electrons. The molecule has 39 heavy (non-hydrogen) atoms. The van der Waals surface area contributed by atoms with Crippen LogP contribution < -0.4 is 11.5 Å². The van der Waals surface area contributed by atoms with Gasteiger partial charge < -0.3 is 25.7 Å². The summed E-state index contributed by atoms with van der Waals surface area (Å²) < 4.78 is 7.74. The summed E-state index contributed by atoms with van der Waals surface area (Å²) in [6, 6.07) is 22.7. The zero-order valence-corrected chi connectivity index (χ0v) is 22.8. The third-order valence-electron chi connectivity index (χ3n) is 7.77. The number of anilines is 1. The largest absolute Gasteiger partial charge is 0.385 e. The van der Waals surface area contributed by atoms with Crippen LogP contribution >= 0.6 is 0 Å². The summed E-state index contributed by atoms with van der Waals surface area (Å²) in [6.45, 7) is 3.20. The fourth-order valence-electron chi connectivity index (χ4n) is 5.77. The third-order valence-corrected chi connectivity index (χ3v) is 7.77. The Hall–Kier alpha value is -3.68. The van der Waals surface area contributed by atoms with E-state index in [4.69, 9.17) is 16.2 Å². The van der Waals surface area contributed by atoms with Gasteiger partial charge >= 0.3 is 0 Å². The van der Waals surface area contributed by atoms with Gasteiger partial charge in [-0.15, -0.1) is 0 Å². The summed E-state index contributed by atoms with van der Waals surface area (Å²) in [7, 11) is 1.75. The molecule has 2 aromatic carbocycles. The molecule has 3 heterocycles. The lowest BCUT2D eigenvalue weighted by Gasteiger charge is -2.34. The summed E-state index contributed by atoms with van der Waals surface area (Å²) in [5.74, 6) is 0.985. The molecule has 2 atom stereocenters. The van der Waals surface area contributed by atoms with Gasteiger partial charge in [-0.3, -0.25) is 4.79 Å². The van der Waals surface area contributed by atoms with E-state index in [0.717, 1.165) is 62.2 Å². The smallest absolute Gasteiger partial charge is 0.224 e. The zero-order valence-electron chi connectivity index (χ0n) is 22.8. The Bertz CT molecular complexity index is 1380. The Morgan fingerprint density at radius 1 is 1.10 bits per heavy atom. The number of aromatic nitrogens is 2. The molecule has 4 aromatic rings. The molecule has 1 saturated heterocycles. The fraction of sp³-hybridized carbons (Fsp3) is 0.375. The zero-order chi connectivity index (χ0) is 27.2. The van der Waals surface area contributed by atoms with E-state index in [2.05, 4.69) is 64.1 Å². The molecule has 7 heteroatoms. The number of nitrogens with zero attached hydrogens (tertiary/aromatic N) is 3. The van der Waals surface area contributed by atoms with Crippen LogP contribution in [0.2, 0.25) is 0 Å². The molecule has 0 saturated carbocycles. The molecule has 204 valence electrons. The number of carbonyl (C=O) groups is 1. The predicted molar refractivity (Wildman–Crippen MR) is 157 cm³/mol. The average Bonchev–Trinajstić information content (AvgIpc) is 3.33. The quantitative estimate of drug-likeness (QED) is 0.284. The number of piperidine rings is 1. The van der Waals surface area contributed by atoms with E-state index in [1.165, 1.54) is 16.6 Å². The normalized spacial score (nSPS) is 16.5. The molecule has 1 aliphatic heterocycles. The predicted octanol–water partition coefficient (Wildman–Crippen LogP) is 4.99. The maximum atomic E-state index is 13.3. The SMILES string of the molecule is COCCCn1c(C2CCCN(C(=O)C[C@H](N)Cc3ccc(-c4ccc(N)nc4)cc3)C2)cc2ccccc21. The summed E-state index contributed by atoms with van der Waals surface area (Å²) in [6.07, 6.45) is 5.85. The Morgan fingerprint density at radius 3 is 2.67 bits per heavy atom. The Balaban J connectivity index is 1.21. The molecule has 1 fully saturated rings. The maximum Gasteiger partial charge on any atom is 0.224 e. The molecule has 2 aromatic heterocycles. The lowest BCUT2D eigenvalue weighted by atomic mass is 9.93. The second-order valence-corrected chi connectivity index (χ2v) is 10.6. The lowest BCUT2D eigenvalue weighted by molar-refractivity contribution is -0.132. The van der Waals surface area contributed by atoms with Crippen molar-refractivity contribution in [2.24, 2.45) is 5.73 Å². The minimum absolute atomic E-state index is 0.152. The molecule has 1 aliphatic rings. The number of likely N-dealkylation sites (tertiary alicyclic amines) is 1. The van der Waals surface area contributed by atoms with Crippen LogP contribution in [0.4, 0.5) is 5.82 Å². The first kappa shape index (κ1) is 26.9. The summed E-state index contributed by atoms with van der Waals surface area (Å²) in [5.41, 5.74) is 18.0. The van der Waals surface area contributed by atoms with E-state index in [9.17, 15) is 4.79 Å². The highest BCUT2D eigenvalue weighted by molar-refractivity contribution is 5.82. The van der Waals surface area contributed by atoms with Gasteiger partial charge in [0.15, 0.2) is 0 Å². The van der Waals surface area contributed by atoms with E-state index in [1.54, 1.807) is 19.4 Å². The second-order valence-electron chi connectivity index (χ2n) is 10.6. The van der Waals surface area contributed by atoms with Gasteiger partial charge in [-0.1, -0.05) is 42.5 Å². The number of methoxy groups -OCH3 is 1. The first-order chi connectivity index (χ1) is 19.0. The number of benzene rings is 2. The Kier molecular flexibility index (Phi) is 8.59. The van der Waals surface area contributed by atoms with E-state index in [-0.39, 0.29) is 11.9 Å². The number of nitrogens with two attached hydrogens (primary N) is 2. The van der Waals surface area contributed by atoms with Crippen molar-refractivity contribution in [2.75, 3.05) is 32.5 Å². The van der Waals surface area contributed by atoms with Gasteiger partial charge in [0.1, 0.15) is 5.82 Å². The van der Waals surface area contributed by atoms with Crippen LogP contribution in [0.3, 0.4) is 0 Å². The summed E-state index contributed by atoms with van der Waals surface area (Å²) in [5, 5.41) is 1.26. The van der Waals surface area contributed by atoms with Crippen molar-refractivity contribution in [3.63, 3.8) is 0 Å². The van der Waals surface area contributed by atoms with Crippen LogP contribution in [0.25, 0.3) is 22.0 Å². The van der Waals surface area contributed by atoms with Crippen LogP contribution in [0.15, 0.2) is 72.9 Å². The number of nitrogen functional groups attached to an aromatic ring is 1. The molecule has 0 aliphatic carbocycles. The van der Waals surface area contributed by atoms with Gasteiger partial charge in [0.2, 0.25) is 5.91 Å². The van der Waals surface area contributed by atoms with E-state index in [1.807, 2.05) is 11.0 Å². The second kappa shape index (κ2) is 12.5. The molecular weight excluding hydrogens is 486 g/mol. The van der Waals surface area contributed by atoms with Gasteiger partial charge in [-0.05, 0) is 66.5 Å². The van der Waals surface area contributed by atoms with Gasteiger partial charge in [0, 0.05) is 74.7 Å². The number of rotatable bonds is 10.